The number of aliphatic hydroxyl groups is 1. The Labute approximate surface area is 128 Å². The molecule has 0 saturated heterocycles. The molecule has 1 saturated carbocycles. The van der Waals surface area contributed by atoms with Crippen molar-refractivity contribution < 1.29 is 14.8 Å². The number of anilines is 1. The largest absolute Gasteiger partial charge is 0.388 e. The van der Waals surface area contributed by atoms with E-state index in [1.54, 1.807) is 14.0 Å². The van der Waals surface area contributed by atoms with Gasteiger partial charge >= 0.3 is 5.69 Å². The number of nitro groups is 1. The average Bonchev–Trinajstić information content (AvgIpc) is 3.18. The van der Waals surface area contributed by atoms with Crippen molar-refractivity contribution in [3.63, 3.8) is 0 Å². The molecule has 0 radical (unpaired) electrons. The summed E-state index contributed by atoms with van der Waals surface area (Å²) in [7, 11) is 1.63. The maximum atomic E-state index is 11.3. The molecule has 1 unspecified atom stereocenters. The first-order chi connectivity index (χ1) is 9.95. The lowest BCUT2D eigenvalue weighted by Gasteiger charge is -2.29. The van der Waals surface area contributed by atoms with Crippen molar-refractivity contribution in [3.8, 4) is 0 Å². The minimum absolute atomic E-state index is 0.0829. The van der Waals surface area contributed by atoms with Gasteiger partial charge in [-0.3, -0.25) is 10.1 Å². The van der Waals surface area contributed by atoms with Crippen LogP contribution < -0.4 is 4.90 Å². The minimum atomic E-state index is -0.692. The van der Waals surface area contributed by atoms with Crippen LogP contribution in [0.1, 0.15) is 37.7 Å². The van der Waals surface area contributed by atoms with E-state index in [0.717, 1.165) is 0 Å². The summed E-state index contributed by atoms with van der Waals surface area (Å²) >= 11 is 1.31. The molecule has 0 bridgehead atoms. The third-order valence-electron chi connectivity index (χ3n) is 3.91. The Balaban J connectivity index is 2.34. The SMILES string of the molecule is COCCN(c1sc([C@H](C)O)cc1[N+](=O)[O-])C(C)C1CC1. The fourth-order valence-electron chi connectivity index (χ4n) is 2.45. The van der Waals surface area contributed by atoms with Crippen molar-refractivity contribution in [2.45, 2.75) is 38.8 Å². The van der Waals surface area contributed by atoms with Crippen molar-refractivity contribution in [1.82, 2.24) is 0 Å². The minimum Gasteiger partial charge on any atom is -0.388 e. The molecule has 2 rings (SSSR count). The summed E-state index contributed by atoms with van der Waals surface area (Å²) in [5.74, 6) is 0.596. The number of aliphatic hydroxyl groups excluding tert-OH is 1. The summed E-state index contributed by atoms with van der Waals surface area (Å²) in [4.78, 5) is 13.6. The van der Waals surface area contributed by atoms with Gasteiger partial charge in [-0.05, 0) is 32.6 Å². The van der Waals surface area contributed by atoms with E-state index in [1.165, 1.54) is 30.2 Å². The van der Waals surface area contributed by atoms with Crippen LogP contribution in [0.25, 0.3) is 0 Å². The number of thiophene rings is 1. The van der Waals surface area contributed by atoms with E-state index in [0.29, 0.717) is 28.9 Å². The number of hydrogen-bond donors (Lipinski definition) is 1. The zero-order valence-electron chi connectivity index (χ0n) is 12.6. The van der Waals surface area contributed by atoms with Crippen LogP contribution in [0.3, 0.4) is 0 Å². The molecule has 0 aromatic carbocycles. The van der Waals surface area contributed by atoms with Gasteiger partial charge in [-0.2, -0.15) is 0 Å². The van der Waals surface area contributed by atoms with Crippen molar-refractivity contribution >= 4 is 22.0 Å². The number of ether oxygens (including phenoxy) is 1. The summed E-state index contributed by atoms with van der Waals surface area (Å²) in [5, 5.41) is 21.7. The van der Waals surface area contributed by atoms with Crippen LogP contribution in [-0.2, 0) is 4.74 Å². The summed E-state index contributed by atoms with van der Waals surface area (Å²) in [6.45, 7) is 4.88. The fraction of sp³-hybridized carbons (Fsp3) is 0.714. The van der Waals surface area contributed by atoms with E-state index in [1.807, 2.05) is 0 Å². The van der Waals surface area contributed by atoms with Crippen LogP contribution in [0.2, 0.25) is 0 Å². The number of methoxy groups -OCH3 is 1. The molecule has 1 heterocycles. The standard InChI is InChI=1S/C14H22N2O4S/c1-9(11-4-5-11)15(6-7-20-3)14-12(16(18)19)8-13(21-14)10(2)17/h8-11,17H,4-7H2,1-3H3/t9?,10-/m0/s1. The molecule has 0 amide bonds. The third-order valence-corrected chi connectivity index (χ3v) is 5.25. The third kappa shape index (κ3) is 3.72. The number of hydrogen-bond acceptors (Lipinski definition) is 6. The zero-order chi connectivity index (χ0) is 15.6. The lowest BCUT2D eigenvalue weighted by molar-refractivity contribution is -0.383. The second-order valence-corrected chi connectivity index (χ2v) is 6.60. The van der Waals surface area contributed by atoms with Crippen molar-refractivity contribution in [1.29, 1.82) is 0 Å². The zero-order valence-corrected chi connectivity index (χ0v) is 13.4. The van der Waals surface area contributed by atoms with Gasteiger partial charge in [0.25, 0.3) is 0 Å². The molecule has 1 aliphatic rings. The first kappa shape index (κ1) is 16.2. The van der Waals surface area contributed by atoms with Crippen LogP contribution in [0.15, 0.2) is 6.07 Å². The van der Waals surface area contributed by atoms with E-state index in [-0.39, 0.29) is 16.7 Å². The molecule has 21 heavy (non-hydrogen) atoms. The van der Waals surface area contributed by atoms with Gasteiger partial charge in [0.2, 0.25) is 0 Å². The Bertz CT molecular complexity index is 499. The van der Waals surface area contributed by atoms with Crippen molar-refractivity contribution in [2.75, 3.05) is 25.2 Å². The molecule has 1 aromatic rings. The molecular weight excluding hydrogens is 292 g/mol. The highest BCUT2D eigenvalue weighted by atomic mass is 32.1. The molecule has 1 N–H and O–H groups in total. The van der Waals surface area contributed by atoms with Gasteiger partial charge in [0, 0.05) is 30.6 Å². The molecule has 1 aliphatic carbocycles. The predicted molar refractivity (Wildman–Crippen MR) is 83.0 cm³/mol. The molecule has 7 heteroatoms. The molecule has 0 spiro atoms. The molecular formula is C14H22N2O4S. The van der Waals surface area contributed by atoms with E-state index < -0.39 is 6.10 Å². The lowest BCUT2D eigenvalue weighted by atomic mass is 10.2. The second kappa shape index (κ2) is 6.72. The van der Waals surface area contributed by atoms with Gasteiger partial charge in [-0.25, -0.2) is 0 Å². The van der Waals surface area contributed by atoms with Gasteiger partial charge in [0.05, 0.1) is 17.6 Å². The van der Waals surface area contributed by atoms with Crippen molar-refractivity contribution in [3.05, 3.63) is 21.1 Å². The number of nitrogens with zero attached hydrogens (tertiary/aromatic N) is 2. The smallest absolute Gasteiger partial charge is 0.304 e. The molecule has 118 valence electrons. The number of rotatable bonds is 8. The highest BCUT2D eigenvalue weighted by molar-refractivity contribution is 7.16. The summed E-state index contributed by atoms with van der Waals surface area (Å²) in [5.41, 5.74) is 0.0829. The lowest BCUT2D eigenvalue weighted by Crippen LogP contribution is -2.37. The Morgan fingerprint density at radius 2 is 2.24 bits per heavy atom. The second-order valence-electron chi connectivity index (χ2n) is 5.54. The molecule has 2 atom stereocenters. The van der Waals surface area contributed by atoms with E-state index in [2.05, 4.69) is 11.8 Å². The molecule has 1 fully saturated rings. The molecule has 0 aliphatic heterocycles. The van der Waals surface area contributed by atoms with E-state index >= 15 is 0 Å². The molecule has 1 aromatic heterocycles. The first-order valence-corrected chi connectivity index (χ1v) is 7.99. The van der Waals surface area contributed by atoms with Crippen LogP contribution in [-0.4, -0.2) is 36.3 Å². The van der Waals surface area contributed by atoms with E-state index in [9.17, 15) is 15.2 Å². The first-order valence-electron chi connectivity index (χ1n) is 7.17. The maximum Gasteiger partial charge on any atom is 0.304 e. The fourth-order valence-corrected chi connectivity index (χ4v) is 3.62. The average molecular weight is 314 g/mol. The summed E-state index contributed by atoms with van der Waals surface area (Å²) < 4.78 is 5.14. The Hall–Kier alpha value is -1.18. The van der Waals surface area contributed by atoms with Crippen molar-refractivity contribution in [2.24, 2.45) is 5.92 Å². The van der Waals surface area contributed by atoms with Gasteiger partial charge in [0.15, 0.2) is 5.00 Å². The normalized spacial score (nSPS) is 17.5. The molecule has 6 nitrogen and oxygen atoms in total. The van der Waals surface area contributed by atoms with Gasteiger partial charge in [-0.1, -0.05) is 0 Å². The predicted octanol–water partition coefficient (Wildman–Crippen LogP) is 2.96. The van der Waals surface area contributed by atoms with E-state index in [4.69, 9.17) is 4.74 Å². The van der Waals surface area contributed by atoms with Crippen LogP contribution in [0.4, 0.5) is 10.7 Å². The Morgan fingerprint density at radius 3 is 2.71 bits per heavy atom. The van der Waals surface area contributed by atoms with Crippen LogP contribution in [0.5, 0.6) is 0 Å². The Morgan fingerprint density at radius 1 is 1.57 bits per heavy atom. The summed E-state index contributed by atoms with van der Waals surface area (Å²) in [6, 6.07) is 1.74. The Kier molecular flexibility index (Phi) is 5.18. The van der Waals surface area contributed by atoms with Gasteiger partial charge < -0.3 is 14.7 Å². The monoisotopic (exact) mass is 314 g/mol. The van der Waals surface area contributed by atoms with Gasteiger partial charge in [-0.15, -0.1) is 11.3 Å². The maximum absolute atomic E-state index is 11.3. The highest BCUT2D eigenvalue weighted by Crippen LogP contribution is 2.44. The van der Waals surface area contributed by atoms with Crippen LogP contribution in [0, 0.1) is 16.0 Å². The highest BCUT2D eigenvalue weighted by Gasteiger charge is 2.35. The van der Waals surface area contributed by atoms with Crippen LogP contribution >= 0.6 is 11.3 Å². The quantitative estimate of drug-likeness (QED) is 0.590. The van der Waals surface area contributed by atoms with Gasteiger partial charge in [0.1, 0.15) is 0 Å². The summed E-state index contributed by atoms with van der Waals surface area (Å²) in [6.07, 6.45) is 1.66. The topological polar surface area (TPSA) is 75.8 Å².